The van der Waals surface area contributed by atoms with Crippen LogP contribution >= 0.6 is 22.9 Å². The largest absolute Gasteiger partial charge is 0.502 e. The van der Waals surface area contributed by atoms with E-state index in [0.29, 0.717) is 31.5 Å². The summed E-state index contributed by atoms with van der Waals surface area (Å²) in [6, 6.07) is 10.6. The molecule has 4 aromatic rings. The predicted molar refractivity (Wildman–Crippen MR) is 119 cm³/mol. The number of methoxy groups -OCH3 is 1. The molecule has 0 saturated carbocycles. The number of rotatable bonds is 5. The lowest BCUT2D eigenvalue weighted by Gasteiger charge is -2.14. The number of hydrogen-bond donors (Lipinski definition) is 1. The van der Waals surface area contributed by atoms with E-state index in [2.05, 4.69) is 4.98 Å². The van der Waals surface area contributed by atoms with Crippen LogP contribution in [0.15, 0.2) is 47.4 Å². The zero-order valence-corrected chi connectivity index (χ0v) is 18.1. The quantitative estimate of drug-likeness (QED) is 0.503. The summed E-state index contributed by atoms with van der Waals surface area (Å²) in [5.41, 5.74) is 2.11. The lowest BCUT2D eigenvalue weighted by Crippen LogP contribution is -2.22. The summed E-state index contributed by atoms with van der Waals surface area (Å²) in [5.74, 6) is 0.506. The molecule has 30 heavy (non-hydrogen) atoms. The normalized spacial score (nSPS) is 12.1. The Kier molecular flexibility index (Phi) is 5.40. The molecule has 0 bridgehead atoms. The van der Waals surface area contributed by atoms with Crippen LogP contribution in [0, 0.1) is 0 Å². The average molecular weight is 443 g/mol. The third-order valence-electron chi connectivity index (χ3n) is 4.39. The second kappa shape index (κ2) is 8.01. The molecule has 4 rings (SSSR count). The highest BCUT2D eigenvalue weighted by atomic mass is 35.5. The number of ether oxygens (including phenoxy) is 2. The van der Waals surface area contributed by atoms with Gasteiger partial charge in [-0.15, -0.1) is 0 Å². The van der Waals surface area contributed by atoms with E-state index in [1.165, 1.54) is 22.8 Å². The fourth-order valence-corrected chi connectivity index (χ4v) is 4.11. The Bertz CT molecular complexity index is 1330. The highest BCUT2D eigenvalue weighted by molar-refractivity contribution is 7.15. The summed E-state index contributed by atoms with van der Waals surface area (Å²) in [4.78, 5) is 18.1. The third-order valence-corrected chi connectivity index (χ3v) is 5.62. The number of fused-ring (bicyclic) bond motifs is 1. The van der Waals surface area contributed by atoms with Gasteiger partial charge in [-0.1, -0.05) is 35.1 Å². The minimum Gasteiger partial charge on any atom is -0.502 e. The number of imidazole rings is 1. The first-order valence-corrected chi connectivity index (χ1v) is 10.4. The SMILES string of the molecule is COc1cc(C=c2sc3nc(-c4ccc(Cl)cc4)cn3c2=O)cc(OC(C)C)c1O. The fourth-order valence-electron chi connectivity index (χ4n) is 3.03. The summed E-state index contributed by atoms with van der Waals surface area (Å²) < 4.78 is 13.0. The zero-order chi connectivity index (χ0) is 21.4. The highest BCUT2D eigenvalue weighted by Gasteiger charge is 2.14. The number of halogens is 1. The van der Waals surface area contributed by atoms with Crippen molar-refractivity contribution in [2.45, 2.75) is 20.0 Å². The van der Waals surface area contributed by atoms with Crippen LogP contribution in [0.25, 0.3) is 22.3 Å². The molecule has 0 fully saturated rings. The number of aromatic nitrogens is 2. The van der Waals surface area contributed by atoms with E-state index in [0.717, 1.165) is 5.56 Å². The van der Waals surface area contributed by atoms with Crippen molar-refractivity contribution in [1.29, 1.82) is 0 Å². The van der Waals surface area contributed by atoms with E-state index in [1.807, 2.05) is 26.0 Å². The summed E-state index contributed by atoms with van der Waals surface area (Å²) in [5, 5.41) is 10.9. The van der Waals surface area contributed by atoms with Crippen LogP contribution in [0.1, 0.15) is 19.4 Å². The van der Waals surface area contributed by atoms with Crippen LogP contribution in [0.4, 0.5) is 0 Å². The molecule has 0 aliphatic rings. The molecule has 2 aromatic carbocycles. The van der Waals surface area contributed by atoms with Gasteiger partial charge in [0, 0.05) is 16.8 Å². The molecule has 154 valence electrons. The van der Waals surface area contributed by atoms with Gasteiger partial charge in [0.15, 0.2) is 16.5 Å². The Morgan fingerprint density at radius 2 is 1.90 bits per heavy atom. The second-order valence-electron chi connectivity index (χ2n) is 6.94. The maximum Gasteiger partial charge on any atom is 0.274 e. The van der Waals surface area contributed by atoms with Crippen molar-refractivity contribution < 1.29 is 14.6 Å². The average Bonchev–Trinajstić information content (AvgIpc) is 3.24. The molecule has 6 nitrogen and oxygen atoms in total. The maximum absolute atomic E-state index is 12.9. The number of thiazole rings is 1. The van der Waals surface area contributed by atoms with Gasteiger partial charge in [0.1, 0.15) is 0 Å². The van der Waals surface area contributed by atoms with Crippen LogP contribution in [0.3, 0.4) is 0 Å². The molecule has 0 saturated heterocycles. The first-order valence-electron chi connectivity index (χ1n) is 9.23. The fraction of sp³-hybridized carbons (Fsp3) is 0.182. The van der Waals surface area contributed by atoms with Gasteiger partial charge in [0.05, 0.1) is 23.4 Å². The van der Waals surface area contributed by atoms with Gasteiger partial charge in [-0.25, -0.2) is 4.98 Å². The maximum atomic E-state index is 12.9. The molecule has 0 unspecified atom stereocenters. The van der Waals surface area contributed by atoms with Crippen molar-refractivity contribution in [3.05, 3.63) is 68.1 Å². The number of hydrogen-bond acceptors (Lipinski definition) is 6. The van der Waals surface area contributed by atoms with Crippen LogP contribution in [-0.2, 0) is 0 Å². The Morgan fingerprint density at radius 3 is 2.53 bits per heavy atom. The minimum absolute atomic E-state index is 0.0701. The Hall–Kier alpha value is -3.03. The lowest BCUT2D eigenvalue weighted by atomic mass is 10.1. The first-order chi connectivity index (χ1) is 14.4. The topological polar surface area (TPSA) is 73.1 Å². The molecule has 0 amide bonds. The lowest BCUT2D eigenvalue weighted by molar-refractivity contribution is 0.228. The van der Waals surface area contributed by atoms with Gasteiger partial charge >= 0.3 is 0 Å². The van der Waals surface area contributed by atoms with Crippen LogP contribution in [0.2, 0.25) is 5.02 Å². The number of benzene rings is 2. The molecule has 0 spiro atoms. The predicted octanol–water partition coefficient (Wildman–Crippen LogP) is 4.13. The van der Waals surface area contributed by atoms with Crippen molar-refractivity contribution in [2.75, 3.05) is 7.11 Å². The zero-order valence-electron chi connectivity index (χ0n) is 16.5. The standard InChI is InChI=1S/C22H19ClN2O4S/c1-12(2)29-18-9-13(8-17(28-3)20(18)26)10-19-21(27)25-11-16(24-22(25)30-19)14-4-6-15(23)7-5-14/h4-12,26H,1-3H3. The van der Waals surface area contributed by atoms with Gasteiger partial charge in [-0.3, -0.25) is 9.20 Å². The van der Waals surface area contributed by atoms with E-state index in [9.17, 15) is 9.90 Å². The van der Waals surface area contributed by atoms with Crippen LogP contribution in [0.5, 0.6) is 17.2 Å². The number of nitrogens with zero attached hydrogens (tertiary/aromatic N) is 2. The molecule has 2 heterocycles. The van der Waals surface area contributed by atoms with Gasteiger partial charge in [-0.2, -0.15) is 0 Å². The molecule has 0 aliphatic carbocycles. The molecular weight excluding hydrogens is 424 g/mol. The summed E-state index contributed by atoms with van der Waals surface area (Å²) in [6.07, 6.45) is 3.33. The number of phenolic OH excluding ortho intramolecular Hbond substituents is 1. The van der Waals surface area contributed by atoms with Crippen molar-refractivity contribution in [3.63, 3.8) is 0 Å². The van der Waals surface area contributed by atoms with Crippen molar-refractivity contribution in [1.82, 2.24) is 9.38 Å². The van der Waals surface area contributed by atoms with Crippen molar-refractivity contribution in [3.8, 4) is 28.5 Å². The third kappa shape index (κ3) is 3.86. The highest BCUT2D eigenvalue weighted by Crippen LogP contribution is 2.38. The van der Waals surface area contributed by atoms with E-state index >= 15 is 0 Å². The summed E-state index contributed by atoms with van der Waals surface area (Å²) in [7, 11) is 1.47. The summed E-state index contributed by atoms with van der Waals surface area (Å²) >= 11 is 7.23. The molecule has 0 radical (unpaired) electrons. The van der Waals surface area contributed by atoms with Crippen molar-refractivity contribution >= 4 is 34.0 Å². The molecule has 8 heteroatoms. The Morgan fingerprint density at radius 1 is 1.20 bits per heavy atom. The number of aromatic hydroxyl groups is 1. The molecular formula is C22H19ClN2O4S. The molecule has 2 aromatic heterocycles. The Balaban J connectivity index is 1.78. The smallest absolute Gasteiger partial charge is 0.274 e. The first kappa shape index (κ1) is 20.3. The summed E-state index contributed by atoms with van der Waals surface area (Å²) in [6.45, 7) is 3.73. The van der Waals surface area contributed by atoms with Gasteiger partial charge in [0.2, 0.25) is 5.75 Å². The van der Waals surface area contributed by atoms with Gasteiger partial charge < -0.3 is 14.6 Å². The molecule has 0 aliphatic heterocycles. The minimum atomic E-state index is -0.166. The van der Waals surface area contributed by atoms with E-state index < -0.39 is 0 Å². The van der Waals surface area contributed by atoms with E-state index in [4.69, 9.17) is 21.1 Å². The molecule has 1 N–H and O–H groups in total. The van der Waals surface area contributed by atoms with Gasteiger partial charge in [-0.05, 0) is 49.8 Å². The van der Waals surface area contributed by atoms with E-state index in [-0.39, 0.29) is 23.2 Å². The van der Waals surface area contributed by atoms with Gasteiger partial charge in [0.25, 0.3) is 5.56 Å². The molecule has 0 atom stereocenters. The van der Waals surface area contributed by atoms with Crippen LogP contribution < -0.4 is 19.6 Å². The monoisotopic (exact) mass is 442 g/mol. The van der Waals surface area contributed by atoms with E-state index in [1.54, 1.807) is 36.5 Å². The van der Waals surface area contributed by atoms with Crippen LogP contribution in [-0.4, -0.2) is 27.7 Å². The second-order valence-corrected chi connectivity index (χ2v) is 8.38. The van der Waals surface area contributed by atoms with Crippen molar-refractivity contribution in [2.24, 2.45) is 0 Å². The number of phenols is 1. The Labute approximate surface area is 181 Å².